The number of carbonyl (C=O) groups excluding carboxylic acids is 1. The summed E-state index contributed by atoms with van der Waals surface area (Å²) in [4.78, 5) is 14.2. The van der Waals surface area contributed by atoms with Gasteiger partial charge in [0, 0.05) is 0 Å². The van der Waals surface area contributed by atoms with Crippen LogP contribution >= 0.6 is 0 Å². The van der Waals surface area contributed by atoms with Crippen molar-refractivity contribution in [2.24, 2.45) is 0 Å². The number of hydrogen-bond acceptors (Lipinski definition) is 5. The molecular weight excluding hydrogens is 280 g/mol. The van der Waals surface area contributed by atoms with Crippen molar-refractivity contribution in [3.05, 3.63) is 18.2 Å². The minimum absolute atomic E-state index is 0.0918. The Labute approximate surface area is 131 Å². The Bertz CT molecular complexity index is 565. The van der Waals surface area contributed by atoms with Gasteiger partial charge in [-0.1, -0.05) is 6.07 Å². The zero-order valence-corrected chi connectivity index (χ0v) is 13.3. The van der Waals surface area contributed by atoms with Crippen molar-refractivity contribution in [3.8, 4) is 5.75 Å². The molecule has 120 valence electrons. The van der Waals surface area contributed by atoms with Crippen LogP contribution < -0.4 is 15.4 Å². The van der Waals surface area contributed by atoms with Gasteiger partial charge in [-0.05, 0) is 51.7 Å². The average Bonchev–Trinajstić information content (AvgIpc) is 2.89. The highest BCUT2D eigenvalue weighted by atomic mass is 16.5. The van der Waals surface area contributed by atoms with Crippen molar-refractivity contribution >= 4 is 17.3 Å². The topological polar surface area (TPSA) is 64.8 Å². The predicted molar refractivity (Wildman–Crippen MR) is 86.1 cm³/mol. The van der Waals surface area contributed by atoms with Gasteiger partial charge in [-0.25, -0.2) is 0 Å². The molecule has 1 aromatic rings. The third-order valence-electron chi connectivity index (χ3n) is 4.22. The van der Waals surface area contributed by atoms with Gasteiger partial charge < -0.3 is 20.1 Å². The second kappa shape index (κ2) is 5.71. The van der Waals surface area contributed by atoms with Crippen LogP contribution in [0.5, 0.6) is 5.75 Å². The van der Waals surface area contributed by atoms with Crippen LogP contribution in [-0.4, -0.2) is 30.8 Å². The van der Waals surface area contributed by atoms with E-state index < -0.39 is 0 Å². The van der Waals surface area contributed by atoms with E-state index in [0.717, 1.165) is 37.1 Å². The molecule has 2 N–H and O–H groups in total. The van der Waals surface area contributed by atoms with E-state index in [4.69, 9.17) is 15.2 Å². The van der Waals surface area contributed by atoms with Crippen molar-refractivity contribution < 1.29 is 14.3 Å². The first-order valence-corrected chi connectivity index (χ1v) is 7.96. The first kappa shape index (κ1) is 15.0. The number of fused-ring (bicyclic) bond motifs is 1. The van der Waals surface area contributed by atoms with E-state index in [0.29, 0.717) is 12.2 Å². The first-order chi connectivity index (χ1) is 10.4. The van der Waals surface area contributed by atoms with Crippen LogP contribution in [0, 0.1) is 0 Å². The molecule has 3 rings (SSSR count). The lowest BCUT2D eigenvalue weighted by Gasteiger charge is -2.41. The summed E-state index contributed by atoms with van der Waals surface area (Å²) in [6, 6.07) is 5.59. The molecule has 0 unspecified atom stereocenters. The molecule has 1 saturated carbocycles. The SMILES string of the molecule is CC1(C)CN(CC(=O)OC2CCCC2)c2c(N)cccc2O1. The standard InChI is InChI=1S/C17H24N2O3/c1-17(2)11-19(10-15(20)21-12-6-3-4-7-12)16-13(18)8-5-9-14(16)22-17/h5,8-9,12H,3-4,6-7,10-11,18H2,1-2H3. The largest absolute Gasteiger partial charge is 0.484 e. The summed E-state index contributed by atoms with van der Waals surface area (Å²) in [7, 11) is 0. The average molecular weight is 304 g/mol. The summed E-state index contributed by atoms with van der Waals surface area (Å²) < 4.78 is 11.5. The van der Waals surface area contributed by atoms with Crippen molar-refractivity contribution in [1.82, 2.24) is 0 Å². The van der Waals surface area contributed by atoms with E-state index in [2.05, 4.69) is 0 Å². The summed E-state index contributed by atoms with van der Waals surface area (Å²) in [6.45, 7) is 4.83. The minimum Gasteiger partial charge on any atom is -0.484 e. The van der Waals surface area contributed by atoms with E-state index in [1.165, 1.54) is 0 Å². The lowest BCUT2D eigenvalue weighted by Crippen LogP contribution is -2.49. The Kier molecular flexibility index (Phi) is 3.89. The molecular formula is C17H24N2O3. The molecule has 0 aromatic heterocycles. The second-order valence-corrected chi connectivity index (χ2v) is 6.81. The second-order valence-electron chi connectivity index (χ2n) is 6.81. The Morgan fingerprint density at radius 1 is 1.41 bits per heavy atom. The Hall–Kier alpha value is -1.91. The molecule has 0 saturated heterocycles. The van der Waals surface area contributed by atoms with Gasteiger partial charge in [0.05, 0.1) is 12.2 Å². The molecule has 1 aromatic carbocycles. The molecule has 5 heteroatoms. The smallest absolute Gasteiger partial charge is 0.325 e. The molecule has 1 aliphatic carbocycles. The Morgan fingerprint density at radius 2 is 2.14 bits per heavy atom. The van der Waals surface area contributed by atoms with Crippen molar-refractivity contribution in [2.75, 3.05) is 23.7 Å². The van der Waals surface area contributed by atoms with Gasteiger partial charge in [0.25, 0.3) is 0 Å². The zero-order valence-electron chi connectivity index (χ0n) is 13.3. The van der Waals surface area contributed by atoms with Crippen LogP contribution in [0.1, 0.15) is 39.5 Å². The number of para-hydroxylation sites is 1. The molecule has 1 fully saturated rings. The number of esters is 1. The highest BCUT2D eigenvalue weighted by Crippen LogP contribution is 2.40. The molecule has 5 nitrogen and oxygen atoms in total. The monoisotopic (exact) mass is 304 g/mol. The molecule has 2 aliphatic rings. The quantitative estimate of drug-likeness (QED) is 0.687. The van der Waals surface area contributed by atoms with E-state index in [-0.39, 0.29) is 24.2 Å². The molecule has 1 heterocycles. The number of rotatable bonds is 3. The van der Waals surface area contributed by atoms with Crippen LogP contribution in [0.3, 0.4) is 0 Å². The number of nitrogen functional groups attached to an aromatic ring is 1. The fourth-order valence-electron chi connectivity index (χ4n) is 3.35. The maximum atomic E-state index is 12.3. The molecule has 0 bridgehead atoms. The number of nitrogens with two attached hydrogens (primary N) is 1. The molecule has 0 radical (unpaired) electrons. The number of ether oxygens (including phenoxy) is 2. The van der Waals surface area contributed by atoms with Crippen molar-refractivity contribution in [3.63, 3.8) is 0 Å². The fourth-order valence-corrected chi connectivity index (χ4v) is 3.35. The molecule has 22 heavy (non-hydrogen) atoms. The first-order valence-electron chi connectivity index (χ1n) is 7.96. The Morgan fingerprint density at radius 3 is 2.86 bits per heavy atom. The lowest BCUT2D eigenvalue weighted by atomic mass is 10.0. The van der Waals surface area contributed by atoms with E-state index in [1.807, 2.05) is 36.9 Å². The highest BCUT2D eigenvalue weighted by Gasteiger charge is 2.34. The van der Waals surface area contributed by atoms with E-state index in [1.54, 1.807) is 0 Å². The Balaban J connectivity index is 1.76. The van der Waals surface area contributed by atoms with E-state index >= 15 is 0 Å². The van der Waals surface area contributed by atoms with Crippen LogP contribution in [0.25, 0.3) is 0 Å². The molecule has 0 spiro atoms. The van der Waals surface area contributed by atoms with Gasteiger partial charge in [-0.15, -0.1) is 0 Å². The van der Waals surface area contributed by atoms with Gasteiger partial charge in [0.15, 0.2) is 0 Å². The molecule has 0 atom stereocenters. The number of hydrogen-bond donors (Lipinski definition) is 1. The number of benzene rings is 1. The van der Waals surface area contributed by atoms with Gasteiger partial charge >= 0.3 is 5.97 Å². The maximum absolute atomic E-state index is 12.3. The van der Waals surface area contributed by atoms with E-state index in [9.17, 15) is 4.79 Å². The maximum Gasteiger partial charge on any atom is 0.325 e. The van der Waals surface area contributed by atoms with Crippen LogP contribution in [0.4, 0.5) is 11.4 Å². The summed E-state index contributed by atoms with van der Waals surface area (Å²) in [5, 5.41) is 0. The number of anilines is 2. The third kappa shape index (κ3) is 3.13. The zero-order chi connectivity index (χ0) is 15.7. The van der Waals surface area contributed by atoms with Gasteiger partial charge in [-0.2, -0.15) is 0 Å². The fraction of sp³-hybridized carbons (Fsp3) is 0.588. The lowest BCUT2D eigenvalue weighted by molar-refractivity contribution is -0.147. The summed E-state index contributed by atoms with van der Waals surface area (Å²) >= 11 is 0. The van der Waals surface area contributed by atoms with Crippen LogP contribution in [-0.2, 0) is 9.53 Å². The number of nitrogens with zero attached hydrogens (tertiary/aromatic N) is 1. The normalized spacial score (nSPS) is 20.4. The minimum atomic E-state index is -0.367. The van der Waals surface area contributed by atoms with Gasteiger partial charge in [-0.3, -0.25) is 4.79 Å². The molecule has 0 amide bonds. The summed E-state index contributed by atoms with van der Waals surface area (Å²) in [5.74, 6) is 0.545. The number of carbonyl (C=O) groups is 1. The third-order valence-corrected chi connectivity index (χ3v) is 4.22. The van der Waals surface area contributed by atoms with Gasteiger partial charge in [0.2, 0.25) is 0 Å². The highest BCUT2D eigenvalue weighted by molar-refractivity contribution is 5.82. The van der Waals surface area contributed by atoms with Crippen molar-refractivity contribution in [2.45, 2.75) is 51.2 Å². The predicted octanol–water partition coefficient (Wildman–Crippen LogP) is 2.73. The van der Waals surface area contributed by atoms with Gasteiger partial charge in [0.1, 0.15) is 29.7 Å². The summed E-state index contributed by atoms with van der Waals surface area (Å²) in [5.41, 5.74) is 7.14. The molecule has 1 aliphatic heterocycles. The van der Waals surface area contributed by atoms with Crippen LogP contribution in [0.15, 0.2) is 18.2 Å². The summed E-state index contributed by atoms with van der Waals surface area (Å²) in [6.07, 6.45) is 4.36. The van der Waals surface area contributed by atoms with Crippen LogP contribution in [0.2, 0.25) is 0 Å². The van der Waals surface area contributed by atoms with Crippen molar-refractivity contribution in [1.29, 1.82) is 0 Å².